The smallest absolute Gasteiger partial charge is 0.0667 e. The van der Waals surface area contributed by atoms with Crippen molar-refractivity contribution in [1.82, 2.24) is 4.90 Å². The van der Waals surface area contributed by atoms with E-state index in [1.807, 2.05) is 6.08 Å². The van der Waals surface area contributed by atoms with Crippen LogP contribution in [0.25, 0.3) is 0 Å². The average molecular weight is 190 g/mol. The molecule has 1 rings (SSSR count). The van der Waals surface area contributed by atoms with Crippen molar-refractivity contribution in [3.05, 3.63) is 11.6 Å². The predicted molar refractivity (Wildman–Crippen MR) is 51.3 cm³/mol. The molecule has 0 aromatic heterocycles. The normalized spacial score (nSPS) is 32.9. The fourth-order valence-electron chi connectivity index (χ4n) is 1.59. The number of hydrogen-bond donors (Lipinski definition) is 1. The SMILES string of the molecule is C[C@@H]1CC[C@@H](O)CN1C/C=C/Cl. The van der Waals surface area contributed by atoms with E-state index in [2.05, 4.69) is 11.8 Å². The molecule has 12 heavy (non-hydrogen) atoms. The van der Waals surface area contributed by atoms with Crippen molar-refractivity contribution < 1.29 is 5.11 Å². The first kappa shape index (κ1) is 10.0. The van der Waals surface area contributed by atoms with Gasteiger partial charge in [0.1, 0.15) is 0 Å². The second-order valence-electron chi connectivity index (χ2n) is 3.40. The van der Waals surface area contributed by atoms with E-state index < -0.39 is 0 Å². The van der Waals surface area contributed by atoms with Gasteiger partial charge in [-0.05, 0) is 19.8 Å². The van der Waals surface area contributed by atoms with Crippen LogP contribution in [0.15, 0.2) is 11.6 Å². The molecule has 0 aromatic rings. The summed E-state index contributed by atoms with van der Waals surface area (Å²) in [5, 5.41) is 9.40. The van der Waals surface area contributed by atoms with Crippen molar-refractivity contribution >= 4 is 11.6 Å². The zero-order chi connectivity index (χ0) is 8.97. The van der Waals surface area contributed by atoms with Gasteiger partial charge in [-0.3, -0.25) is 4.90 Å². The van der Waals surface area contributed by atoms with Crippen molar-refractivity contribution in [2.24, 2.45) is 0 Å². The highest BCUT2D eigenvalue weighted by atomic mass is 35.5. The van der Waals surface area contributed by atoms with Crippen LogP contribution in [-0.2, 0) is 0 Å². The van der Waals surface area contributed by atoms with E-state index in [0.29, 0.717) is 6.04 Å². The van der Waals surface area contributed by atoms with Gasteiger partial charge >= 0.3 is 0 Å². The van der Waals surface area contributed by atoms with Crippen molar-refractivity contribution in [3.8, 4) is 0 Å². The van der Waals surface area contributed by atoms with E-state index in [9.17, 15) is 5.11 Å². The Morgan fingerprint density at radius 1 is 1.58 bits per heavy atom. The van der Waals surface area contributed by atoms with E-state index in [-0.39, 0.29) is 6.10 Å². The minimum Gasteiger partial charge on any atom is -0.392 e. The molecule has 2 nitrogen and oxygen atoms in total. The summed E-state index contributed by atoms with van der Waals surface area (Å²) in [5.41, 5.74) is 1.54. The van der Waals surface area contributed by atoms with Crippen LogP contribution in [0.5, 0.6) is 0 Å². The number of aliphatic hydroxyl groups excluding tert-OH is 1. The zero-order valence-corrected chi connectivity index (χ0v) is 8.17. The highest BCUT2D eigenvalue weighted by molar-refractivity contribution is 6.25. The van der Waals surface area contributed by atoms with Gasteiger partial charge in [0, 0.05) is 24.7 Å². The fraction of sp³-hybridized carbons (Fsp3) is 0.778. The molecule has 1 heterocycles. The van der Waals surface area contributed by atoms with Crippen LogP contribution in [0.2, 0.25) is 0 Å². The minimum atomic E-state index is -0.148. The highest BCUT2D eigenvalue weighted by Crippen LogP contribution is 2.16. The van der Waals surface area contributed by atoms with Crippen LogP contribution < -0.4 is 0 Å². The second-order valence-corrected chi connectivity index (χ2v) is 3.65. The number of hydrogen-bond acceptors (Lipinski definition) is 2. The molecule has 1 aliphatic heterocycles. The molecule has 0 aliphatic carbocycles. The Balaban J connectivity index is 2.38. The lowest BCUT2D eigenvalue weighted by Gasteiger charge is -2.35. The van der Waals surface area contributed by atoms with Gasteiger partial charge in [-0.15, -0.1) is 0 Å². The number of piperidine rings is 1. The van der Waals surface area contributed by atoms with Gasteiger partial charge in [0.15, 0.2) is 0 Å². The summed E-state index contributed by atoms with van der Waals surface area (Å²) in [6, 6.07) is 0.571. The van der Waals surface area contributed by atoms with E-state index in [0.717, 1.165) is 25.9 Å². The summed E-state index contributed by atoms with van der Waals surface area (Å²) in [7, 11) is 0. The molecule has 1 fully saturated rings. The summed E-state index contributed by atoms with van der Waals surface area (Å²) in [4.78, 5) is 2.24. The van der Waals surface area contributed by atoms with E-state index in [1.54, 1.807) is 0 Å². The van der Waals surface area contributed by atoms with Gasteiger partial charge in [-0.25, -0.2) is 0 Å². The van der Waals surface area contributed by atoms with Crippen LogP contribution in [0.3, 0.4) is 0 Å². The second kappa shape index (κ2) is 4.85. The number of halogens is 1. The molecule has 0 unspecified atom stereocenters. The Morgan fingerprint density at radius 2 is 2.33 bits per heavy atom. The van der Waals surface area contributed by atoms with Crippen LogP contribution in [-0.4, -0.2) is 35.2 Å². The minimum absolute atomic E-state index is 0.148. The molecule has 1 N–H and O–H groups in total. The standard InChI is InChI=1S/C9H16ClNO/c1-8-3-4-9(12)7-11(8)6-2-5-10/h2,5,8-9,12H,3-4,6-7H2,1H3/b5-2+/t8-,9-/m1/s1. The molecular weight excluding hydrogens is 174 g/mol. The predicted octanol–water partition coefficient (Wildman–Crippen LogP) is 1.58. The molecule has 3 heteroatoms. The summed E-state index contributed by atoms with van der Waals surface area (Å²) in [6.45, 7) is 3.82. The van der Waals surface area contributed by atoms with E-state index in [1.165, 1.54) is 5.54 Å². The summed E-state index contributed by atoms with van der Waals surface area (Å²) < 4.78 is 0. The topological polar surface area (TPSA) is 23.5 Å². The molecule has 0 aromatic carbocycles. The molecule has 1 saturated heterocycles. The molecule has 2 atom stereocenters. The third kappa shape index (κ3) is 2.77. The average Bonchev–Trinajstić information content (AvgIpc) is 2.07. The largest absolute Gasteiger partial charge is 0.392 e. The number of rotatable bonds is 2. The van der Waals surface area contributed by atoms with Crippen molar-refractivity contribution in [3.63, 3.8) is 0 Å². The Hall–Kier alpha value is -0.0500. The van der Waals surface area contributed by atoms with Crippen molar-refractivity contribution in [2.45, 2.75) is 31.9 Å². The maximum Gasteiger partial charge on any atom is 0.0667 e. The molecular formula is C9H16ClNO. The van der Waals surface area contributed by atoms with Crippen LogP contribution in [0.1, 0.15) is 19.8 Å². The maximum atomic E-state index is 9.40. The first-order chi connectivity index (χ1) is 5.74. The third-order valence-electron chi connectivity index (χ3n) is 2.42. The van der Waals surface area contributed by atoms with E-state index >= 15 is 0 Å². The lowest BCUT2D eigenvalue weighted by atomic mass is 10.0. The van der Waals surface area contributed by atoms with Gasteiger partial charge in [0.05, 0.1) is 6.10 Å². The number of likely N-dealkylation sites (tertiary alicyclic amines) is 1. The fourth-order valence-corrected chi connectivity index (χ4v) is 1.67. The van der Waals surface area contributed by atoms with Crippen LogP contribution in [0.4, 0.5) is 0 Å². The van der Waals surface area contributed by atoms with Crippen molar-refractivity contribution in [1.29, 1.82) is 0 Å². The quantitative estimate of drug-likeness (QED) is 0.713. The first-order valence-corrected chi connectivity index (χ1v) is 4.85. The number of aliphatic hydroxyl groups is 1. The summed E-state index contributed by atoms with van der Waals surface area (Å²) in [5.74, 6) is 0. The van der Waals surface area contributed by atoms with E-state index in [4.69, 9.17) is 11.6 Å². The Kier molecular flexibility index (Phi) is 4.06. The third-order valence-corrected chi connectivity index (χ3v) is 2.59. The van der Waals surface area contributed by atoms with Crippen molar-refractivity contribution in [2.75, 3.05) is 13.1 Å². The van der Waals surface area contributed by atoms with Gasteiger partial charge in [0.2, 0.25) is 0 Å². The van der Waals surface area contributed by atoms with Gasteiger partial charge in [0.25, 0.3) is 0 Å². The summed E-state index contributed by atoms with van der Waals surface area (Å²) >= 11 is 5.44. The summed E-state index contributed by atoms with van der Waals surface area (Å²) in [6.07, 6.45) is 3.78. The number of nitrogens with zero attached hydrogens (tertiary/aromatic N) is 1. The molecule has 0 bridgehead atoms. The number of β-amino-alcohol motifs (C(OH)–C–C–N with tert-alkyl or cyclic N) is 1. The van der Waals surface area contributed by atoms with Gasteiger partial charge < -0.3 is 5.11 Å². The highest BCUT2D eigenvalue weighted by Gasteiger charge is 2.22. The zero-order valence-electron chi connectivity index (χ0n) is 7.41. The molecule has 0 amide bonds. The lowest BCUT2D eigenvalue weighted by molar-refractivity contribution is 0.0482. The first-order valence-electron chi connectivity index (χ1n) is 4.41. The Labute approximate surface area is 78.8 Å². The Morgan fingerprint density at radius 3 is 3.00 bits per heavy atom. The maximum absolute atomic E-state index is 9.40. The molecule has 0 spiro atoms. The Bertz CT molecular complexity index is 161. The van der Waals surface area contributed by atoms with Crippen LogP contribution in [0, 0.1) is 0 Å². The van der Waals surface area contributed by atoms with Gasteiger partial charge in [-0.2, -0.15) is 0 Å². The molecule has 0 saturated carbocycles. The molecule has 1 aliphatic rings. The molecule has 70 valence electrons. The lowest BCUT2D eigenvalue weighted by Crippen LogP contribution is -2.43. The van der Waals surface area contributed by atoms with Gasteiger partial charge in [-0.1, -0.05) is 17.7 Å². The monoisotopic (exact) mass is 189 g/mol. The molecule has 0 radical (unpaired) electrons. The van der Waals surface area contributed by atoms with Crippen LogP contribution >= 0.6 is 11.6 Å².